The van der Waals surface area contributed by atoms with Gasteiger partial charge in [-0.3, -0.25) is 9.48 Å². The highest BCUT2D eigenvalue weighted by Crippen LogP contribution is 2.09. The summed E-state index contributed by atoms with van der Waals surface area (Å²) in [5.41, 5.74) is 0. The van der Waals surface area contributed by atoms with Crippen LogP contribution in [0.3, 0.4) is 0 Å². The van der Waals surface area contributed by atoms with Gasteiger partial charge in [0.2, 0.25) is 0 Å². The summed E-state index contributed by atoms with van der Waals surface area (Å²) in [7, 11) is 0. The highest BCUT2D eigenvalue weighted by molar-refractivity contribution is 5.91. The van der Waals surface area contributed by atoms with Crippen molar-refractivity contribution in [3.8, 4) is 0 Å². The molecule has 0 aliphatic rings. The third-order valence-corrected chi connectivity index (χ3v) is 2.75. The Morgan fingerprint density at radius 3 is 2.90 bits per heavy atom. The molecule has 21 heavy (non-hydrogen) atoms. The van der Waals surface area contributed by atoms with E-state index < -0.39 is 18.0 Å². The van der Waals surface area contributed by atoms with Crippen molar-refractivity contribution in [1.82, 2.24) is 15.1 Å². The Hall–Kier alpha value is -2.61. The normalized spacial score (nSPS) is 12.0. The van der Waals surface area contributed by atoms with E-state index in [4.69, 9.17) is 14.6 Å². The molecule has 2 aromatic rings. The third kappa shape index (κ3) is 4.18. The van der Waals surface area contributed by atoms with Crippen molar-refractivity contribution in [1.29, 1.82) is 0 Å². The maximum absolute atomic E-state index is 11.8. The van der Waals surface area contributed by atoms with Crippen LogP contribution in [0, 0.1) is 0 Å². The van der Waals surface area contributed by atoms with Crippen LogP contribution in [-0.2, 0) is 11.3 Å². The molecule has 1 amide bonds. The molecule has 3 N–H and O–H groups in total. The molecule has 0 saturated heterocycles. The number of carboxylic acid groups (broad SMARTS) is 1. The van der Waals surface area contributed by atoms with Gasteiger partial charge >= 0.3 is 5.97 Å². The number of hydrogen-bond donors (Lipinski definition) is 3. The number of amides is 1. The monoisotopic (exact) mass is 293 g/mol. The number of hydrogen-bond acceptors (Lipinski definition) is 5. The van der Waals surface area contributed by atoms with E-state index in [1.54, 1.807) is 29.2 Å². The molecule has 112 valence electrons. The summed E-state index contributed by atoms with van der Waals surface area (Å²) in [5.74, 6) is -1.07. The van der Waals surface area contributed by atoms with E-state index in [2.05, 4.69) is 10.4 Å². The molecule has 0 radical (unpaired) electrons. The van der Waals surface area contributed by atoms with Crippen molar-refractivity contribution in [2.75, 3.05) is 6.54 Å². The second kappa shape index (κ2) is 6.71. The number of furan rings is 1. The van der Waals surface area contributed by atoms with Crippen LogP contribution in [0.15, 0.2) is 35.0 Å². The van der Waals surface area contributed by atoms with Gasteiger partial charge in [-0.1, -0.05) is 0 Å². The lowest BCUT2D eigenvalue weighted by Gasteiger charge is -2.06. The predicted molar refractivity (Wildman–Crippen MR) is 70.6 cm³/mol. The molecular formula is C13H15N3O5. The molecule has 1 atom stereocenters. The van der Waals surface area contributed by atoms with E-state index in [-0.39, 0.29) is 18.7 Å². The van der Waals surface area contributed by atoms with Gasteiger partial charge in [0.15, 0.2) is 11.9 Å². The molecule has 0 saturated carbocycles. The Balaban J connectivity index is 1.83. The molecule has 1 unspecified atom stereocenters. The van der Waals surface area contributed by atoms with Gasteiger partial charge in [-0.15, -0.1) is 0 Å². The molecule has 0 bridgehead atoms. The van der Waals surface area contributed by atoms with Crippen molar-refractivity contribution in [3.05, 3.63) is 42.1 Å². The number of carboxylic acids is 1. The van der Waals surface area contributed by atoms with Crippen LogP contribution in [0.2, 0.25) is 0 Å². The Labute approximate surface area is 120 Å². The van der Waals surface area contributed by atoms with Crippen LogP contribution in [0.1, 0.15) is 22.7 Å². The lowest BCUT2D eigenvalue weighted by atomic mass is 10.2. The van der Waals surface area contributed by atoms with Gasteiger partial charge < -0.3 is 19.9 Å². The minimum absolute atomic E-state index is 0.0431. The maximum Gasteiger partial charge on any atom is 0.332 e. The van der Waals surface area contributed by atoms with Crippen molar-refractivity contribution >= 4 is 11.9 Å². The maximum atomic E-state index is 11.8. The average Bonchev–Trinajstić information content (AvgIpc) is 3.10. The number of rotatable bonds is 7. The molecule has 0 aliphatic carbocycles. The summed E-state index contributed by atoms with van der Waals surface area (Å²) in [6, 6.07) is 4.98. The quantitative estimate of drug-likeness (QED) is 0.666. The predicted octanol–water partition coefficient (Wildman–Crippen LogP) is 0.0898. The van der Waals surface area contributed by atoms with Gasteiger partial charge in [0.25, 0.3) is 5.91 Å². The standard InChI is InChI=1S/C13H15N3O5/c17-10(13(19)20)4-6-14-12(18)11-3-2-9(21-11)8-16-7-1-5-15-16/h1-3,5,7,10,17H,4,6,8H2,(H,14,18)(H,19,20). The lowest BCUT2D eigenvalue weighted by molar-refractivity contribution is -0.146. The number of aliphatic carboxylic acids is 1. The summed E-state index contributed by atoms with van der Waals surface area (Å²) in [5, 5.41) is 24.1. The van der Waals surface area contributed by atoms with Crippen molar-refractivity contribution in [2.45, 2.75) is 19.1 Å². The minimum atomic E-state index is -1.49. The molecule has 2 aromatic heterocycles. The number of nitrogens with zero attached hydrogens (tertiary/aromatic N) is 2. The number of aliphatic hydroxyl groups is 1. The van der Waals surface area contributed by atoms with Gasteiger partial charge in [0.05, 0.1) is 6.54 Å². The molecule has 8 nitrogen and oxygen atoms in total. The number of nitrogens with one attached hydrogen (secondary N) is 1. The fraction of sp³-hybridized carbons (Fsp3) is 0.308. The first-order valence-electron chi connectivity index (χ1n) is 6.31. The summed E-state index contributed by atoms with van der Waals surface area (Å²) >= 11 is 0. The van der Waals surface area contributed by atoms with Crippen LogP contribution >= 0.6 is 0 Å². The van der Waals surface area contributed by atoms with E-state index in [0.717, 1.165) is 0 Å². The zero-order valence-electron chi connectivity index (χ0n) is 11.1. The number of aromatic nitrogens is 2. The van der Waals surface area contributed by atoms with Gasteiger partial charge in [0, 0.05) is 25.4 Å². The molecule has 0 aromatic carbocycles. The van der Waals surface area contributed by atoms with E-state index in [1.807, 2.05) is 0 Å². The summed E-state index contributed by atoms with van der Waals surface area (Å²) in [6.07, 6.45) is 1.86. The highest BCUT2D eigenvalue weighted by Gasteiger charge is 2.15. The number of aliphatic hydroxyl groups excluding tert-OH is 1. The first-order valence-corrected chi connectivity index (χ1v) is 6.31. The molecule has 2 rings (SSSR count). The summed E-state index contributed by atoms with van der Waals surface area (Å²) in [6.45, 7) is 0.458. The summed E-state index contributed by atoms with van der Waals surface area (Å²) < 4.78 is 7.03. The SMILES string of the molecule is O=C(NCCC(O)C(=O)O)c1ccc(Cn2cccn2)o1. The first-order chi connectivity index (χ1) is 10.1. The topological polar surface area (TPSA) is 118 Å². The zero-order chi connectivity index (χ0) is 15.2. The van der Waals surface area contributed by atoms with E-state index in [0.29, 0.717) is 12.3 Å². The average molecular weight is 293 g/mol. The van der Waals surface area contributed by atoms with Crippen molar-refractivity contribution < 1.29 is 24.2 Å². The molecule has 2 heterocycles. The molecular weight excluding hydrogens is 278 g/mol. The van der Waals surface area contributed by atoms with E-state index in [1.165, 1.54) is 6.07 Å². The molecule has 8 heteroatoms. The number of carbonyl (C=O) groups is 2. The van der Waals surface area contributed by atoms with Gasteiger partial charge in [-0.25, -0.2) is 4.79 Å². The Kier molecular flexibility index (Phi) is 4.72. The van der Waals surface area contributed by atoms with Crippen LogP contribution in [-0.4, -0.2) is 44.5 Å². The second-order valence-electron chi connectivity index (χ2n) is 4.37. The minimum Gasteiger partial charge on any atom is -0.479 e. The Morgan fingerprint density at radius 1 is 1.43 bits per heavy atom. The molecule has 0 aliphatic heterocycles. The Bertz CT molecular complexity index is 605. The largest absolute Gasteiger partial charge is 0.479 e. The fourth-order valence-corrected chi connectivity index (χ4v) is 1.67. The molecule has 0 fully saturated rings. The zero-order valence-corrected chi connectivity index (χ0v) is 11.1. The summed E-state index contributed by atoms with van der Waals surface area (Å²) in [4.78, 5) is 22.2. The smallest absolute Gasteiger partial charge is 0.332 e. The van der Waals surface area contributed by atoms with Gasteiger partial charge in [0.1, 0.15) is 5.76 Å². The van der Waals surface area contributed by atoms with Crippen LogP contribution in [0.25, 0.3) is 0 Å². The molecule has 0 spiro atoms. The van der Waals surface area contributed by atoms with Crippen LogP contribution < -0.4 is 5.32 Å². The fourth-order valence-electron chi connectivity index (χ4n) is 1.67. The lowest BCUT2D eigenvalue weighted by Crippen LogP contribution is -2.29. The van der Waals surface area contributed by atoms with Crippen LogP contribution in [0.4, 0.5) is 0 Å². The third-order valence-electron chi connectivity index (χ3n) is 2.75. The highest BCUT2D eigenvalue weighted by atomic mass is 16.4. The van der Waals surface area contributed by atoms with Gasteiger partial charge in [-0.2, -0.15) is 5.10 Å². The second-order valence-corrected chi connectivity index (χ2v) is 4.37. The van der Waals surface area contributed by atoms with Gasteiger partial charge in [-0.05, 0) is 18.2 Å². The Morgan fingerprint density at radius 2 is 2.24 bits per heavy atom. The van der Waals surface area contributed by atoms with Crippen LogP contribution in [0.5, 0.6) is 0 Å². The van der Waals surface area contributed by atoms with Crippen molar-refractivity contribution in [3.63, 3.8) is 0 Å². The first kappa shape index (κ1) is 14.8. The van der Waals surface area contributed by atoms with Crippen molar-refractivity contribution in [2.24, 2.45) is 0 Å². The van der Waals surface area contributed by atoms with E-state index >= 15 is 0 Å². The van der Waals surface area contributed by atoms with E-state index in [9.17, 15) is 9.59 Å². The number of carbonyl (C=O) groups excluding carboxylic acids is 1.